The number of methoxy groups -OCH3 is 1. The quantitative estimate of drug-likeness (QED) is 0.193. The molecule has 12 heteroatoms. The normalized spacial score (nSPS) is 23.6. The Bertz CT molecular complexity index is 1600. The number of ether oxygens (including phenoxy) is 5. The number of aromatic nitrogens is 4. The first-order chi connectivity index (χ1) is 19.2. The molecule has 4 aromatic rings. The zero-order valence-corrected chi connectivity index (χ0v) is 22.8. The Labute approximate surface area is 230 Å². The average molecular weight is 547 g/mol. The number of aliphatic imine (C=N–C) groups is 1. The van der Waals surface area contributed by atoms with E-state index in [4.69, 9.17) is 23.7 Å². The number of pyridine rings is 1. The van der Waals surface area contributed by atoms with Gasteiger partial charge in [-0.05, 0) is 38.1 Å². The van der Waals surface area contributed by atoms with Crippen molar-refractivity contribution < 1.29 is 28.5 Å². The number of esters is 1. The number of nitrogens with zero attached hydrogens (tertiary/aromatic N) is 6. The van der Waals surface area contributed by atoms with Gasteiger partial charge in [-0.3, -0.25) is 0 Å². The zero-order chi connectivity index (χ0) is 28.0. The highest BCUT2D eigenvalue weighted by Gasteiger charge is 2.56. The van der Waals surface area contributed by atoms with Gasteiger partial charge < -0.3 is 33.2 Å². The maximum absolute atomic E-state index is 11.9. The van der Waals surface area contributed by atoms with E-state index in [9.17, 15) is 4.79 Å². The lowest BCUT2D eigenvalue weighted by Crippen LogP contribution is -2.33. The summed E-state index contributed by atoms with van der Waals surface area (Å²) < 4.78 is 31.9. The third kappa shape index (κ3) is 4.85. The van der Waals surface area contributed by atoms with Crippen molar-refractivity contribution in [1.29, 1.82) is 0 Å². The molecule has 1 aromatic carbocycles. The lowest BCUT2D eigenvalue weighted by atomic mass is 10.1. The van der Waals surface area contributed by atoms with Gasteiger partial charge in [0.05, 0.1) is 24.4 Å². The van der Waals surface area contributed by atoms with Crippen LogP contribution in [0.15, 0.2) is 53.9 Å². The van der Waals surface area contributed by atoms with Crippen LogP contribution in [0.2, 0.25) is 0 Å². The van der Waals surface area contributed by atoms with Crippen LogP contribution in [0.3, 0.4) is 0 Å². The summed E-state index contributed by atoms with van der Waals surface area (Å²) in [6.07, 6.45) is 3.42. The molecule has 0 amide bonds. The van der Waals surface area contributed by atoms with Crippen LogP contribution in [0.4, 0.5) is 5.82 Å². The Morgan fingerprint density at radius 2 is 1.95 bits per heavy atom. The molecule has 0 radical (unpaired) electrons. The number of fused-ring (bicyclic) bond motifs is 3. The van der Waals surface area contributed by atoms with Crippen molar-refractivity contribution in [2.24, 2.45) is 4.99 Å². The molecule has 0 N–H and O–H groups in total. The van der Waals surface area contributed by atoms with Crippen LogP contribution in [-0.2, 0) is 18.9 Å². The van der Waals surface area contributed by atoms with Gasteiger partial charge in [0.2, 0.25) is 0 Å². The smallest absolute Gasteiger partial charge is 0.356 e. The fourth-order valence-electron chi connectivity index (χ4n) is 5.04. The Hall–Kier alpha value is -4.13. The number of carbonyl (C=O) groups is 1. The summed E-state index contributed by atoms with van der Waals surface area (Å²) in [5.41, 5.74) is 1.53. The molecule has 4 atom stereocenters. The molecule has 0 bridgehead atoms. The molecule has 2 aliphatic rings. The number of hydrogen-bond acceptors (Lipinski definition) is 10. The van der Waals surface area contributed by atoms with E-state index in [1.807, 2.05) is 67.9 Å². The van der Waals surface area contributed by atoms with E-state index in [2.05, 4.69) is 19.9 Å². The van der Waals surface area contributed by atoms with Crippen LogP contribution in [-0.4, -0.2) is 88.6 Å². The Balaban J connectivity index is 1.25. The van der Waals surface area contributed by atoms with E-state index in [0.717, 1.165) is 10.8 Å². The number of rotatable bonds is 7. The first kappa shape index (κ1) is 26.1. The van der Waals surface area contributed by atoms with Gasteiger partial charge in [0, 0.05) is 31.7 Å². The molecule has 0 spiro atoms. The van der Waals surface area contributed by atoms with E-state index >= 15 is 0 Å². The second-order valence-electron chi connectivity index (χ2n) is 10.3. The van der Waals surface area contributed by atoms with E-state index in [0.29, 0.717) is 22.7 Å². The van der Waals surface area contributed by atoms with Crippen molar-refractivity contribution >= 4 is 40.1 Å². The van der Waals surface area contributed by atoms with Crippen LogP contribution in [0.25, 0.3) is 21.9 Å². The molecule has 6 rings (SSSR count). The van der Waals surface area contributed by atoms with Crippen LogP contribution >= 0.6 is 0 Å². The second kappa shape index (κ2) is 10.1. The molecule has 2 saturated heterocycles. The van der Waals surface area contributed by atoms with Crippen molar-refractivity contribution in [2.75, 3.05) is 27.8 Å². The molecule has 2 fully saturated rings. The predicted molar refractivity (Wildman–Crippen MR) is 146 cm³/mol. The van der Waals surface area contributed by atoms with E-state index in [-0.39, 0.29) is 24.5 Å². The van der Waals surface area contributed by atoms with E-state index < -0.39 is 24.1 Å². The fraction of sp³-hybridized carbons (Fsp3) is 0.393. The largest absolute Gasteiger partial charge is 0.491 e. The van der Waals surface area contributed by atoms with E-state index in [1.165, 1.54) is 13.4 Å². The van der Waals surface area contributed by atoms with Crippen LogP contribution in [0.5, 0.6) is 5.75 Å². The third-order valence-electron chi connectivity index (χ3n) is 6.77. The van der Waals surface area contributed by atoms with Crippen LogP contribution in [0, 0.1) is 0 Å². The van der Waals surface area contributed by atoms with Crippen molar-refractivity contribution in [3.8, 4) is 5.75 Å². The van der Waals surface area contributed by atoms with Crippen LogP contribution < -0.4 is 4.74 Å². The third-order valence-corrected chi connectivity index (χ3v) is 6.77. The average Bonchev–Trinajstić information content (AvgIpc) is 3.60. The molecule has 40 heavy (non-hydrogen) atoms. The molecule has 5 heterocycles. The highest BCUT2D eigenvalue weighted by molar-refractivity contribution is 5.91. The molecule has 12 nitrogen and oxygen atoms in total. The molecule has 2 aliphatic heterocycles. The first-order valence-electron chi connectivity index (χ1n) is 12.9. The zero-order valence-electron chi connectivity index (χ0n) is 22.8. The maximum atomic E-state index is 11.9. The standard InChI is InChI=1S/C28H30N6O6/c1-28(2)39-22-21(13-37-17-8-6-16-7-9-19(27(35)36-5)32-20(16)12-17)38-26(23(22)40-28)34-11-10-18-24(31-15-33(3)4)29-14-30-25(18)34/h6-12,14-15,21-23,26H,13H2,1-5H3/t21-,22-,23-,26-/m1/s1. The minimum atomic E-state index is -0.786. The lowest BCUT2D eigenvalue weighted by molar-refractivity contribution is -0.198. The van der Waals surface area contributed by atoms with Gasteiger partial charge in [-0.25, -0.2) is 24.7 Å². The summed E-state index contributed by atoms with van der Waals surface area (Å²) in [4.78, 5) is 31.5. The number of benzene rings is 1. The highest BCUT2D eigenvalue weighted by atomic mass is 16.8. The van der Waals surface area contributed by atoms with Crippen molar-refractivity contribution in [3.63, 3.8) is 0 Å². The fourth-order valence-corrected chi connectivity index (χ4v) is 5.04. The van der Waals surface area contributed by atoms with Gasteiger partial charge in [0.1, 0.15) is 48.3 Å². The van der Waals surface area contributed by atoms with Crippen molar-refractivity contribution in [2.45, 2.75) is 44.2 Å². The maximum Gasteiger partial charge on any atom is 0.356 e. The van der Waals surface area contributed by atoms with Crippen molar-refractivity contribution in [3.05, 3.63) is 54.6 Å². The van der Waals surface area contributed by atoms with Gasteiger partial charge in [-0.1, -0.05) is 6.07 Å². The summed E-state index contributed by atoms with van der Waals surface area (Å²) in [5, 5.41) is 1.68. The monoisotopic (exact) mass is 546 g/mol. The minimum Gasteiger partial charge on any atom is -0.491 e. The second-order valence-corrected chi connectivity index (χ2v) is 10.3. The SMILES string of the molecule is COC(=O)c1ccc2ccc(OC[C@H]3O[C@@H](n4ccc5c(N=CN(C)C)ncnc54)[C@@H]4OC(C)(C)O[C@@H]43)cc2n1. The van der Waals surface area contributed by atoms with Crippen molar-refractivity contribution in [1.82, 2.24) is 24.4 Å². The van der Waals surface area contributed by atoms with Gasteiger partial charge in [0.15, 0.2) is 17.8 Å². The molecular formula is C28H30N6O6. The molecule has 0 unspecified atom stereocenters. The summed E-state index contributed by atoms with van der Waals surface area (Å²) in [6.45, 7) is 3.99. The predicted octanol–water partition coefficient (Wildman–Crippen LogP) is 3.48. The van der Waals surface area contributed by atoms with Gasteiger partial charge in [-0.15, -0.1) is 0 Å². The highest BCUT2D eigenvalue weighted by Crippen LogP contribution is 2.44. The molecule has 0 aliphatic carbocycles. The molecule has 0 saturated carbocycles. The number of hydrogen-bond donors (Lipinski definition) is 0. The summed E-state index contributed by atoms with van der Waals surface area (Å²) in [7, 11) is 5.12. The Morgan fingerprint density at radius 3 is 2.75 bits per heavy atom. The summed E-state index contributed by atoms with van der Waals surface area (Å²) in [6, 6.07) is 10.9. The van der Waals surface area contributed by atoms with E-state index in [1.54, 1.807) is 18.5 Å². The Kier molecular flexibility index (Phi) is 6.61. The first-order valence-corrected chi connectivity index (χ1v) is 12.9. The summed E-state index contributed by atoms with van der Waals surface area (Å²) in [5.74, 6) is -0.126. The van der Waals surface area contributed by atoms with Crippen LogP contribution in [0.1, 0.15) is 30.6 Å². The topological polar surface area (TPSA) is 122 Å². The molecule has 3 aromatic heterocycles. The van der Waals surface area contributed by atoms with Gasteiger partial charge in [0.25, 0.3) is 0 Å². The van der Waals surface area contributed by atoms with Gasteiger partial charge in [-0.2, -0.15) is 0 Å². The number of carbonyl (C=O) groups excluding carboxylic acids is 1. The Morgan fingerprint density at radius 1 is 1.15 bits per heavy atom. The molecule has 208 valence electrons. The van der Waals surface area contributed by atoms with Gasteiger partial charge >= 0.3 is 5.97 Å². The summed E-state index contributed by atoms with van der Waals surface area (Å²) >= 11 is 0. The minimum absolute atomic E-state index is 0.214. The molecular weight excluding hydrogens is 516 g/mol. The lowest BCUT2D eigenvalue weighted by Gasteiger charge is -2.25.